The van der Waals surface area contributed by atoms with Gasteiger partial charge < -0.3 is 5.32 Å². The van der Waals surface area contributed by atoms with Crippen LogP contribution in [0.5, 0.6) is 0 Å². The molecule has 1 heterocycles. The summed E-state index contributed by atoms with van der Waals surface area (Å²) in [7, 11) is 0. The van der Waals surface area contributed by atoms with Gasteiger partial charge in [0.1, 0.15) is 11.0 Å². The van der Waals surface area contributed by atoms with E-state index in [4.69, 9.17) is 23.2 Å². The van der Waals surface area contributed by atoms with Gasteiger partial charge in [-0.2, -0.15) is 4.39 Å². The first-order chi connectivity index (χ1) is 9.86. The van der Waals surface area contributed by atoms with Crippen molar-refractivity contribution in [3.8, 4) is 0 Å². The minimum atomic E-state index is -1.12. The molecule has 1 aromatic carbocycles. The van der Waals surface area contributed by atoms with Gasteiger partial charge in [-0.15, -0.1) is 0 Å². The van der Waals surface area contributed by atoms with E-state index < -0.39 is 22.3 Å². The monoisotopic (exact) mass is 330 g/mol. The third-order valence-electron chi connectivity index (χ3n) is 2.32. The zero-order valence-corrected chi connectivity index (χ0v) is 11.5. The van der Waals surface area contributed by atoms with Gasteiger partial charge in [0, 0.05) is 17.7 Å². The summed E-state index contributed by atoms with van der Waals surface area (Å²) in [6.07, 6.45) is 0. The molecule has 0 saturated heterocycles. The Kier molecular flexibility index (Phi) is 4.29. The number of carbonyl (C=O) groups is 1. The SMILES string of the molecule is O=C(Nc1cc(Cl)nc(Cl)n1)c1ccc([N+](=O)[O-])c(F)c1. The number of rotatable bonds is 3. The molecule has 0 radical (unpaired) electrons. The van der Waals surface area contributed by atoms with Gasteiger partial charge in [0.25, 0.3) is 5.91 Å². The third-order valence-corrected chi connectivity index (χ3v) is 2.68. The molecule has 0 spiro atoms. The zero-order valence-electron chi connectivity index (χ0n) is 10.0. The lowest BCUT2D eigenvalue weighted by Gasteiger charge is -2.05. The Morgan fingerprint density at radius 1 is 1.29 bits per heavy atom. The van der Waals surface area contributed by atoms with Crippen LogP contribution in [0.1, 0.15) is 10.4 Å². The molecule has 1 aromatic heterocycles. The maximum atomic E-state index is 13.4. The molecule has 0 fully saturated rings. The Hall–Kier alpha value is -2.32. The highest BCUT2D eigenvalue weighted by Gasteiger charge is 2.17. The first-order valence-corrected chi connectivity index (χ1v) is 6.08. The normalized spacial score (nSPS) is 10.2. The molecule has 2 rings (SSSR count). The zero-order chi connectivity index (χ0) is 15.6. The fourth-order valence-electron chi connectivity index (χ4n) is 1.44. The van der Waals surface area contributed by atoms with Crippen LogP contribution in [0.25, 0.3) is 0 Å². The molecule has 1 N–H and O–H groups in total. The van der Waals surface area contributed by atoms with E-state index in [0.29, 0.717) is 0 Å². The van der Waals surface area contributed by atoms with Crippen LogP contribution in [-0.2, 0) is 0 Å². The van der Waals surface area contributed by atoms with Crippen molar-refractivity contribution in [3.05, 3.63) is 56.2 Å². The number of benzene rings is 1. The summed E-state index contributed by atoms with van der Waals surface area (Å²) in [4.78, 5) is 28.8. The van der Waals surface area contributed by atoms with E-state index in [-0.39, 0.29) is 21.8 Å². The molecule has 0 unspecified atom stereocenters. The minimum absolute atomic E-state index is 0.0141. The quantitative estimate of drug-likeness (QED) is 0.403. The topological polar surface area (TPSA) is 98.0 Å². The molecule has 7 nitrogen and oxygen atoms in total. The number of nitrogens with one attached hydrogen (secondary N) is 1. The molecule has 0 atom stereocenters. The lowest BCUT2D eigenvalue weighted by Crippen LogP contribution is -2.13. The van der Waals surface area contributed by atoms with Gasteiger partial charge in [-0.1, -0.05) is 11.6 Å². The van der Waals surface area contributed by atoms with Gasteiger partial charge in [0.2, 0.25) is 11.1 Å². The predicted molar refractivity (Wildman–Crippen MR) is 73.1 cm³/mol. The van der Waals surface area contributed by atoms with Crippen LogP contribution >= 0.6 is 23.2 Å². The lowest BCUT2D eigenvalue weighted by atomic mass is 10.2. The minimum Gasteiger partial charge on any atom is -0.306 e. The summed E-state index contributed by atoms with van der Waals surface area (Å²) in [5.74, 6) is -1.83. The Balaban J connectivity index is 2.24. The molecule has 0 aliphatic rings. The highest BCUT2D eigenvalue weighted by Crippen LogP contribution is 2.19. The summed E-state index contributed by atoms with van der Waals surface area (Å²) in [6, 6.07) is 4.00. The Morgan fingerprint density at radius 3 is 2.57 bits per heavy atom. The Bertz CT molecular complexity index is 721. The van der Waals surface area contributed by atoms with E-state index >= 15 is 0 Å². The highest BCUT2D eigenvalue weighted by atomic mass is 35.5. The fraction of sp³-hybridized carbons (Fsp3) is 0. The highest BCUT2D eigenvalue weighted by molar-refractivity contribution is 6.32. The van der Waals surface area contributed by atoms with Crippen LogP contribution < -0.4 is 5.32 Å². The molecule has 21 heavy (non-hydrogen) atoms. The molecule has 0 saturated carbocycles. The van der Waals surface area contributed by atoms with Crippen molar-refractivity contribution in [2.45, 2.75) is 0 Å². The van der Waals surface area contributed by atoms with Crippen LogP contribution in [0.2, 0.25) is 10.4 Å². The molecule has 1 amide bonds. The van der Waals surface area contributed by atoms with E-state index in [2.05, 4.69) is 15.3 Å². The van der Waals surface area contributed by atoms with Gasteiger partial charge in [-0.25, -0.2) is 9.97 Å². The maximum absolute atomic E-state index is 13.4. The molecule has 0 aliphatic carbocycles. The average Bonchev–Trinajstić information content (AvgIpc) is 2.36. The number of amides is 1. The fourth-order valence-corrected chi connectivity index (χ4v) is 1.85. The van der Waals surface area contributed by atoms with Gasteiger partial charge in [0.15, 0.2) is 0 Å². The summed E-state index contributed by atoms with van der Waals surface area (Å²) < 4.78 is 13.4. The van der Waals surface area contributed by atoms with Crippen molar-refractivity contribution >= 4 is 40.6 Å². The summed E-state index contributed by atoms with van der Waals surface area (Å²) in [6.45, 7) is 0. The first-order valence-electron chi connectivity index (χ1n) is 5.32. The standard InChI is InChI=1S/C11H5Cl2FN4O3/c12-8-4-9(17-11(13)15-8)16-10(19)5-1-2-7(18(20)21)6(14)3-5/h1-4H,(H,15,16,17,19). The number of hydrogen-bond acceptors (Lipinski definition) is 5. The number of nitrogens with zero attached hydrogens (tertiary/aromatic N) is 3. The van der Waals surface area contributed by atoms with Crippen molar-refractivity contribution in [2.75, 3.05) is 5.32 Å². The number of carbonyl (C=O) groups excluding carboxylic acids is 1. The molecule has 0 bridgehead atoms. The van der Waals surface area contributed by atoms with Crippen LogP contribution in [0, 0.1) is 15.9 Å². The largest absolute Gasteiger partial charge is 0.306 e. The van der Waals surface area contributed by atoms with Crippen molar-refractivity contribution in [3.63, 3.8) is 0 Å². The van der Waals surface area contributed by atoms with Crippen LogP contribution in [-0.4, -0.2) is 20.8 Å². The molecule has 108 valence electrons. The number of halogens is 3. The number of aromatic nitrogens is 2. The third kappa shape index (κ3) is 3.61. The van der Waals surface area contributed by atoms with Crippen molar-refractivity contribution < 1.29 is 14.1 Å². The Labute approximate surface area is 126 Å². The second-order valence-electron chi connectivity index (χ2n) is 3.72. The van der Waals surface area contributed by atoms with E-state index in [1.165, 1.54) is 6.07 Å². The molecular weight excluding hydrogens is 326 g/mol. The summed E-state index contributed by atoms with van der Waals surface area (Å²) in [5.41, 5.74) is -0.844. The van der Waals surface area contributed by atoms with E-state index in [1.54, 1.807) is 0 Å². The van der Waals surface area contributed by atoms with Crippen molar-refractivity contribution in [1.82, 2.24) is 9.97 Å². The van der Waals surface area contributed by atoms with Gasteiger partial charge >= 0.3 is 5.69 Å². The first kappa shape index (κ1) is 15.1. The number of hydrogen-bond donors (Lipinski definition) is 1. The van der Waals surface area contributed by atoms with Crippen molar-refractivity contribution in [2.24, 2.45) is 0 Å². The second-order valence-corrected chi connectivity index (χ2v) is 4.45. The van der Waals surface area contributed by atoms with Gasteiger partial charge in [-0.05, 0) is 23.7 Å². The van der Waals surface area contributed by atoms with Crippen LogP contribution in [0.3, 0.4) is 0 Å². The number of nitro benzene ring substituents is 1. The predicted octanol–water partition coefficient (Wildman–Crippen LogP) is 3.08. The summed E-state index contributed by atoms with van der Waals surface area (Å²) >= 11 is 11.2. The smallest absolute Gasteiger partial charge is 0.304 e. The molecule has 0 aliphatic heterocycles. The Morgan fingerprint density at radius 2 is 2.00 bits per heavy atom. The number of nitro groups is 1. The van der Waals surface area contributed by atoms with Crippen LogP contribution in [0.15, 0.2) is 24.3 Å². The number of anilines is 1. The van der Waals surface area contributed by atoms with Crippen molar-refractivity contribution in [1.29, 1.82) is 0 Å². The summed E-state index contributed by atoms with van der Waals surface area (Å²) in [5, 5.41) is 12.6. The molecular formula is C11H5Cl2FN4O3. The van der Waals surface area contributed by atoms with E-state index in [9.17, 15) is 19.3 Å². The lowest BCUT2D eigenvalue weighted by molar-refractivity contribution is -0.387. The molecule has 10 heteroatoms. The maximum Gasteiger partial charge on any atom is 0.304 e. The second kappa shape index (κ2) is 5.98. The van der Waals surface area contributed by atoms with Gasteiger partial charge in [0.05, 0.1) is 4.92 Å². The van der Waals surface area contributed by atoms with E-state index in [1.807, 2.05) is 0 Å². The molecule has 2 aromatic rings. The van der Waals surface area contributed by atoms with Gasteiger partial charge in [-0.3, -0.25) is 14.9 Å². The van der Waals surface area contributed by atoms with Crippen LogP contribution in [0.4, 0.5) is 15.9 Å². The average molecular weight is 331 g/mol. The van der Waals surface area contributed by atoms with E-state index in [0.717, 1.165) is 18.2 Å².